The highest BCUT2D eigenvalue weighted by Crippen LogP contribution is 2.17. The van der Waals surface area contributed by atoms with Crippen LogP contribution < -0.4 is 5.32 Å². The Balaban J connectivity index is 4.64. The van der Waals surface area contributed by atoms with E-state index in [1.54, 1.807) is 0 Å². The van der Waals surface area contributed by atoms with Crippen molar-refractivity contribution in [1.29, 1.82) is 0 Å². The molecule has 1 amide bonds. The Morgan fingerprint density at radius 2 is 1.00 bits per heavy atom. The zero-order valence-corrected chi connectivity index (χ0v) is 35.1. The van der Waals surface area contributed by atoms with Crippen LogP contribution in [0.5, 0.6) is 0 Å². The fraction of sp³-hybridized carbons (Fsp3) is 0.708. The third-order valence-corrected chi connectivity index (χ3v) is 9.71. The van der Waals surface area contributed by atoms with Crippen LogP contribution in [0.1, 0.15) is 194 Å². The van der Waals surface area contributed by atoms with Gasteiger partial charge in [0.25, 0.3) is 0 Å². The molecule has 0 radical (unpaired) electrons. The lowest BCUT2D eigenvalue weighted by Gasteiger charge is -2.24. The molecule has 0 fully saturated rings. The number of hydrogen-bond acceptors (Lipinski definition) is 5. The highest BCUT2D eigenvalue weighted by atomic mass is 16.5. The van der Waals surface area contributed by atoms with E-state index in [4.69, 9.17) is 4.74 Å². The summed E-state index contributed by atoms with van der Waals surface area (Å²) in [6.07, 6.45) is 51.0. The van der Waals surface area contributed by atoms with Gasteiger partial charge >= 0.3 is 5.97 Å². The molecule has 0 aliphatic rings. The van der Waals surface area contributed by atoms with E-state index in [-0.39, 0.29) is 24.9 Å². The van der Waals surface area contributed by atoms with E-state index in [9.17, 15) is 19.8 Å². The quantitative estimate of drug-likeness (QED) is 0.0331. The Bertz CT molecular complexity index is 1030. The number of nitrogens with one attached hydrogen (secondary N) is 1. The Kier molecular flexibility index (Phi) is 39.4. The second-order valence-electron chi connectivity index (χ2n) is 14.9. The van der Waals surface area contributed by atoms with Crippen LogP contribution in [0.15, 0.2) is 72.9 Å². The number of carbonyl (C=O) groups is 2. The highest BCUT2D eigenvalue weighted by Gasteiger charge is 2.24. The molecule has 0 spiro atoms. The molecule has 3 N–H and O–H groups in total. The van der Waals surface area contributed by atoms with Gasteiger partial charge in [-0.3, -0.25) is 9.59 Å². The SMILES string of the molecule is CC\C=C/C=C/C=C/C=C\C=C\C=C\CCCCCC(=O)OC(CCCCCCCCCCC)CC(=O)NC(CO)C(O)CCCCCCCCCCC. The van der Waals surface area contributed by atoms with E-state index < -0.39 is 18.2 Å². The van der Waals surface area contributed by atoms with Crippen molar-refractivity contribution >= 4 is 11.9 Å². The molecule has 0 aromatic rings. The van der Waals surface area contributed by atoms with Crippen molar-refractivity contribution < 1.29 is 24.5 Å². The molecular weight excluding hydrogens is 671 g/mol. The number of allylic oxidation sites excluding steroid dienone is 12. The Hall–Kier alpha value is -2.70. The van der Waals surface area contributed by atoms with Crippen molar-refractivity contribution in [2.24, 2.45) is 0 Å². The predicted molar refractivity (Wildman–Crippen MR) is 231 cm³/mol. The van der Waals surface area contributed by atoms with Crippen molar-refractivity contribution in [2.75, 3.05) is 6.61 Å². The predicted octanol–water partition coefficient (Wildman–Crippen LogP) is 12.7. The summed E-state index contributed by atoms with van der Waals surface area (Å²) in [6.45, 7) is 6.27. The molecule has 0 rings (SSSR count). The van der Waals surface area contributed by atoms with Gasteiger partial charge in [0.05, 0.1) is 25.2 Å². The number of hydrogen-bond donors (Lipinski definition) is 3. The molecule has 54 heavy (non-hydrogen) atoms. The lowest BCUT2D eigenvalue weighted by atomic mass is 10.0. The van der Waals surface area contributed by atoms with Crippen LogP contribution in [-0.4, -0.2) is 46.9 Å². The fourth-order valence-electron chi connectivity index (χ4n) is 6.34. The van der Waals surface area contributed by atoms with Gasteiger partial charge in [0.1, 0.15) is 6.10 Å². The van der Waals surface area contributed by atoms with Crippen LogP contribution >= 0.6 is 0 Å². The molecule has 3 unspecified atom stereocenters. The van der Waals surface area contributed by atoms with Crippen molar-refractivity contribution in [3.63, 3.8) is 0 Å². The third kappa shape index (κ3) is 36.3. The number of aliphatic hydroxyl groups excluding tert-OH is 2. The van der Waals surface area contributed by atoms with E-state index in [0.717, 1.165) is 70.6 Å². The van der Waals surface area contributed by atoms with Crippen LogP contribution in [0, 0.1) is 0 Å². The molecule has 0 aromatic heterocycles. The minimum atomic E-state index is -0.794. The van der Waals surface area contributed by atoms with Crippen LogP contribution in [0.3, 0.4) is 0 Å². The molecule has 310 valence electrons. The summed E-state index contributed by atoms with van der Waals surface area (Å²) in [4.78, 5) is 25.9. The van der Waals surface area contributed by atoms with E-state index in [1.807, 2.05) is 54.7 Å². The van der Waals surface area contributed by atoms with Gasteiger partial charge in [0.2, 0.25) is 5.91 Å². The number of unbranched alkanes of at least 4 members (excludes halogenated alkanes) is 19. The maximum atomic E-state index is 13.1. The highest BCUT2D eigenvalue weighted by molar-refractivity contribution is 5.77. The summed E-state index contributed by atoms with van der Waals surface area (Å²) < 4.78 is 5.87. The van der Waals surface area contributed by atoms with Gasteiger partial charge < -0.3 is 20.3 Å². The van der Waals surface area contributed by atoms with Crippen LogP contribution in [0.2, 0.25) is 0 Å². The lowest BCUT2D eigenvalue weighted by Crippen LogP contribution is -2.46. The average molecular weight is 754 g/mol. The molecule has 0 saturated heterocycles. The van der Waals surface area contributed by atoms with Crippen molar-refractivity contribution in [1.82, 2.24) is 5.32 Å². The van der Waals surface area contributed by atoms with Crippen LogP contribution in [0.25, 0.3) is 0 Å². The first-order valence-corrected chi connectivity index (χ1v) is 22.2. The molecular formula is C48H83NO5. The van der Waals surface area contributed by atoms with Gasteiger partial charge in [-0.2, -0.15) is 0 Å². The van der Waals surface area contributed by atoms with Gasteiger partial charge in [-0.25, -0.2) is 0 Å². The second kappa shape index (κ2) is 41.5. The number of esters is 1. The van der Waals surface area contributed by atoms with Gasteiger partial charge in [-0.05, 0) is 44.9 Å². The first-order valence-electron chi connectivity index (χ1n) is 22.2. The normalized spacial score (nSPS) is 14.1. The standard InChI is InChI=1S/C48H83NO5/c1-4-7-10-13-16-19-20-21-22-23-24-25-26-29-32-35-38-41-48(53)54-44(39-36-33-30-27-17-14-11-8-5-2)42-47(52)49-45(43-50)46(51)40-37-34-31-28-18-15-12-9-6-3/h7,10,13,16,19-26,44-46,50-51H,4-6,8-9,11-12,14-15,17-18,27-43H2,1-3H3,(H,49,52)/b10-7-,16-13+,20-19+,22-21-,24-23+,26-25+. The molecule has 0 aliphatic heterocycles. The largest absolute Gasteiger partial charge is 0.462 e. The summed E-state index contributed by atoms with van der Waals surface area (Å²) in [5.41, 5.74) is 0. The summed E-state index contributed by atoms with van der Waals surface area (Å²) in [7, 11) is 0. The molecule has 0 aromatic carbocycles. The maximum absolute atomic E-state index is 13.1. The Morgan fingerprint density at radius 1 is 0.556 bits per heavy atom. The number of ether oxygens (including phenoxy) is 1. The second-order valence-corrected chi connectivity index (χ2v) is 14.9. The molecule has 3 atom stereocenters. The van der Waals surface area contributed by atoms with E-state index in [0.29, 0.717) is 19.3 Å². The van der Waals surface area contributed by atoms with E-state index >= 15 is 0 Å². The van der Waals surface area contributed by atoms with Gasteiger partial charge in [0, 0.05) is 6.42 Å². The molecule has 0 aliphatic carbocycles. The maximum Gasteiger partial charge on any atom is 0.306 e. The van der Waals surface area contributed by atoms with Gasteiger partial charge in [0.15, 0.2) is 0 Å². The van der Waals surface area contributed by atoms with Crippen molar-refractivity contribution in [2.45, 2.75) is 212 Å². The molecule has 6 nitrogen and oxygen atoms in total. The summed E-state index contributed by atoms with van der Waals surface area (Å²) in [5, 5.41) is 23.5. The Labute approximate surface area is 332 Å². The minimum absolute atomic E-state index is 0.0570. The minimum Gasteiger partial charge on any atom is -0.462 e. The summed E-state index contributed by atoms with van der Waals surface area (Å²) in [6, 6.07) is -0.709. The zero-order chi connectivity index (χ0) is 39.6. The molecule has 6 heteroatoms. The van der Waals surface area contributed by atoms with Gasteiger partial charge in [-0.1, -0.05) is 209 Å². The van der Waals surface area contributed by atoms with Gasteiger partial charge in [-0.15, -0.1) is 0 Å². The first-order chi connectivity index (χ1) is 26.5. The van der Waals surface area contributed by atoms with Crippen molar-refractivity contribution in [3.05, 3.63) is 72.9 Å². The number of rotatable bonds is 38. The molecule has 0 bridgehead atoms. The molecule has 0 heterocycles. The first kappa shape index (κ1) is 51.3. The van der Waals surface area contributed by atoms with Crippen LogP contribution in [-0.2, 0) is 14.3 Å². The Morgan fingerprint density at radius 3 is 1.50 bits per heavy atom. The average Bonchev–Trinajstić information content (AvgIpc) is 3.16. The van der Waals surface area contributed by atoms with E-state index in [1.165, 1.54) is 77.0 Å². The summed E-state index contributed by atoms with van der Waals surface area (Å²) >= 11 is 0. The molecule has 0 saturated carbocycles. The lowest BCUT2D eigenvalue weighted by molar-refractivity contribution is -0.151. The zero-order valence-electron chi connectivity index (χ0n) is 35.1. The number of amides is 1. The number of carbonyl (C=O) groups excluding carboxylic acids is 2. The number of aliphatic hydroxyl groups is 2. The topological polar surface area (TPSA) is 95.9 Å². The van der Waals surface area contributed by atoms with Crippen LogP contribution in [0.4, 0.5) is 0 Å². The smallest absolute Gasteiger partial charge is 0.306 e. The van der Waals surface area contributed by atoms with Crippen molar-refractivity contribution in [3.8, 4) is 0 Å². The summed E-state index contributed by atoms with van der Waals surface area (Å²) in [5.74, 6) is -0.533. The van der Waals surface area contributed by atoms with E-state index in [2.05, 4.69) is 44.3 Å². The monoisotopic (exact) mass is 754 g/mol. The fourth-order valence-corrected chi connectivity index (χ4v) is 6.34. The third-order valence-electron chi connectivity index (χ3n) is 9.71.